The van der Waals surface area contributed by atoms with Crippen LogP contribution in [0.2, 0.25) is 0 Å². The minimum absolute atomic E-state index is 0.0161. The summed E-state index contributed by atoms with van der Waals surface area (Å²) in [5.74, 6) is -0.0571. The van der Waals surface area contributed by atoms with Gasteiger partial charge in [-0.1, -0.05) is 41.9 Å². The summed E-state index contributed by atoms with van der Waals surface area (Å²) >= 11 is 6.27. The van der Waals surface area contributed by atoms with Crippen molar-refractivity contribution in [2.75, 3.05) is 15.5 Å². The Kier molecular flexibility index (Phi) is 7.17. The lowest BCUT2D eigenvalue weighted by atomic mass is 10.1. The molecule has 0 bridgehead atoms. The van der Waals surface area contributed by atoms with Gasteiger partial charge in [-0.15, -0.1) is 0 Å². The molecule has 1 aliphatic rings. The van der Waals surface area contributed by atoms with Crippen LogP contribution in [-0.2, 0) is 9.59 Å². The van der Waals surface area contributed by atoms with Crippen molar-refractivity contribution in [1.82, 2.24) is 0 Å². The van der Waals surface area contributed by atoms with E-state index >= 15 is 0 Å². The molecule has 7 nitrogen and oxygen atoms in total. The van der Waals surface area contributed by atoms with Crippen LogP contribution in [0.15, 0.2) is 108 Å². The van der Waals surface area contributed by atoms with Crippen molar-refractivity contribution in [1.29, 1.82) is 0 Å². The molecule has 0 fully saturated rings. The van der Waals surface area contributed by atoms with E-state index in [0.717, 1.165) is 21.8 Å². The first kappa shape index (κ1) is 25.8. The number of para-hydroxylation sites is 1. The molecular formula is C31H24ClN3O4. The zero-order valence-electron chi connectivity index (χ0n) is 21.2. The summed E-state index contributed by atoms with van der Waals surface area (Å²) in [7, 11) is 0. The monoisotopic (exact) mass is 537 g/mol. The number of nitrogens with zero attached hydrogens (tertiary/aromatic N) is 1. The van der Waals surface area contributed by atoms with Crippen LogP contribution in [-0.4, -0.2) is 17.7 Å². The molecule has 0 atom stereocenters. The van der Waals surface area contributed by atoms with E-state index in [2.05, 4.69) is 10.6 Å². The van der Waals surface area contributed by atoms with E-state index in [0.29, 0.717) is 28.4 Å². The van der Waals surface area contributed by atoms with Gasteiger partial charge in [-0.05, 0) is 91.7 Å². The van der Waals surface area contributed by atoms with Gasteiger partial charge in [-0.2, -0.15) is 0 Å². The average Bonchev–Trinajstić information content (AvgIpc) is 3.15. The quantitative estimate of drug-likeness (QED) is 0.254. The van der Waals surface area contributed by atoms with E-state index in [1.807, 2.05) is 56.3 Å². The molecule has 0 radical (unpaired) electrons. The van der Waals surface area contributed by atoms with E-state index in [1.165, 1.54) is 0 Å². The summed E-state index contributed by atoms with van der Waals surface area (Å²) in [5.41, 5.74) is 3.70. The lowest BCUT2D eigenvalue weighted by Crippen LogP contribution is -2.32. The maximum Gasteiger partial charge on any atom is 0.283 e. The summed E-state index contributed by atoms with van der Waals surface area (Å²) in [6.45, 7) is 3.71. The van der Waals surface area contributed by atoms with Crippen LogP contribution in [0.1, 0.15) is 21.5 Å². The zero-order chi connectivity index (χ0) is 27.5. The summed E-state index contributed by atoms with van der Waals surface area (Å²) in [4.78, 5) is 39.8. The van der Waals surface area contributed by atoms with E-state index in [1.54, 1.807) is 54.6 Å². The first-order valence-corrected chi connectivity index (χ1v) is 12.5. The smallest absolute Gasteiger partial charge is 0.283 e. The molecule has 4 aromatic rings. The highest BCUT2D eigenvalue weighted by Gasteiger charge is 2.39. The second-order valence-electron chi connectivity index (χ2n) is 9.02. The Morgan fingerprint density at radius 3 is 2.10 bits per heavy atom. The number of carbonyl (C=O) groups is 3. The number of ether oxygens (including phenoxy) is 1. The SMILES string of the molecule is Cc1ccc(C)c(N2C(=O)C(Cl)=C(Nc3ccc(C(=O)Nc4ccc(Oc5ccccc5)cc4)cc3)C2=O)c1. The van der Waals surface area contributed by atoms with E-state index in [4.69, 9.17) is 16.3 Å². The fraction of sp³-hybridized carbons (Fsp3) is 0.0645. The minimum Gasteiger partial charge on any atom is -0.457 e. The van der Waals surface area contributed by atoms with Gasteiger partial charge in [0.25, 0.3) is 17.7 Å². The number of hydrogen-bond acceptors (Lipinski definition) is 5. The van der Waals surface area contributed by atoms with Crippen LogP contribution in [0, 0.1) is 13.8 Å². The normalized spacial score (nSPS) is 13.1. The number of rotatable bonds is 7. The Morgan fingerprint density at radius 1 is 0.769 bits per heavy atom. The van der Waals surface area contributed by atoms with Crippen LogP contribution in [0.3, 0.4) is 0 Å². The summed E-state index contributed by atoms with van der Waals surface area (Å²) in [5, 5.41) is 5.59. The van der Waals surface area contributed by atoms with Crippen molar-refractivity contribution in [2.24, 2.45) is 0 Å². The highest BCUT2D eigenvalue weighted by molar-refractivity contribution is 6.53. The maximum absolute atomic E-state index is 13.1. The Balaban J connectivity index is 1.23. The fourth-order valence-electron chi connectivity index (χ4n) is 4.07. The number of aryl methyl sites for hydroxylation is 2. The van der Waals surface area contributed by atoms with Crippen LogP contribution in [0.4, 0.5) is 17.1 Å². The molecule has 0 saturated carbocycles. The van der Waals surface area contributed by atoms with E-state index in [-0.39, 0.29) is 16.6 Å². The standard InChI is InChI=1S/C31H24ClN3O4/c1-19-8-9-20(2)26(18-19)35-30(37)27(32)28(31(35)38)33-22-12-10-21(11-13-22)29(36)34-23-14-16-25(17-15-23)39-24-6-4-3-5-7-24/h3-18,33H,1-2H3,(H,34,36). The topological polar surface area (TPSA) is 87.7 Å². The molecule has 1 heterocycles. The largest absolute Gasteiger partial charge is 0.457 e. The molecule has 0 saturated heterocycles. The van der Waals surface area contributed by atoms with Crippen molar-refractivity contribution in [3.05, 3.63) is 124 Å². The van der Waals surface area contributed by atoms with Gasteiger partial charge in [0, 0.05) is 16.9 Å². The molecule has 2 N–H and O–H groups in total. The Bertz CT molecular complexity index is 1600. The van der Waals surface area contributed by atoms with Crippen LogP contribution < -0.4 is 20.3 Å². The molecule has 8 heteroatoms. The number of imide groups is 1. The second-order valence-corrected chi connectivity index (χ2v) is 9.40. The number of halogens is 1. The second kappa shape index (κ2) is 10.8. The molecule has 0 spiro atoms. The first-order valence-electron chi connectivity index (χ1n) is 12.2. The van der Waals surface area contributed by atoms with Crippen LogP contribution in [0.5, 0.6) is 11.5 Å². The minimum atomic E-state index is -0.589. The first-order chi connectivity index (χ1) is 18.8. The molecular weight excluding hydrogens is 514 g/mol. The number of benzene rings is 4. The number of nitrogens with one attached hydrogen (secondary N) is 2. The lowest BCUT2D eigenvalue weighted by Gasteiger charge is -2.18. The van der Waals surface area contributed by atoms with Gasteiger partial charge in [0.2, 0.25) is 0 Å². The van der Waals surface area contributed by atoms with Crippen LogP contribution >= 0.6 is 11.6 Å². The van der Waals surface area contributed by atoms with Crippen LogP contribution in [0.25, 0.3) is 0 Å². The molecule has 194 valence electrons. The van der Waals surface area contributed by atoms with Crippen molar-refractivity contribution < 1.29 is 19.1 Å². The lowest BCUT2D eigenvalue weighted by molar-refractivity contribution is -0.120. The third-order valence-electron chi connectivity index (χ3n) is 6.14. The van der Waals surface area contributed by atoms with E-state index in [9.17, 15) is 14.4 Å². The molecule has 0 aromatic heterocycles. The molecule has 0 unspecified atom stereocenters. The molecule has 3 amide bonds. The number of hydrogen-bond donors (Lipinski definition) is 2. The number of amides is 3. The predicted octanol–water partition coefficient (Wildman–Crippen LogP) is 6.78. The van der Waals surface area contributed by atoms with Gasteiger partial charge in [0.1, 0.15) is 22.2 Å². The summed E-state index contributed by atoms with van der Waals surface area (Å²) in [6, 6.07) is 28.5. The third-order valence-corrected chi connectivity index (χ3v) is 6.49. The molecule has 39 heavy (non-hydrogen) atoms. The van der Waals surface area contributed by atoms with Crippen molar-refractivity contribution in [3.8, 4) is 11.5 Å². The van der Waals surface area contributed by atoms with Gasteiger partial charge < -0.3 is 15.4 Å². The fourth-order valence-corrected chi connectivity index (χ4v) is 4.29. The Hall–Kier alpha value is -4.88. The van der Waals surface area contributed by atoms with E-state index < -0.39 is 11.8 Å². The number of anilines is 3. The third kappa shape index (κ3) is 5.54. The zero-order valence-corrected chi connectivity index (χ0v) is 22.0. The number of carbonyl (C=O) groups excluding carboxylic acids is 3. The predicted molar refractivity (Wildman–Crippen MR) is 152 cm³/mol. The molecule has 5 rings (SSSR count). The summed E-state index contributed by atoms with van der Waals surface area (Å²) in [6.07, 6.45) is 0. The molecule has 1 aliphatic heterocycles. The van der Waals surface area contributed by atoms with Crippen molar-refractivity contribution in [2.45, 2.75) is 13.8 Å². The van der Waals surface area contributed by atoms with Gasteiger partial charge in [-0.25, -0.2) is 4.90 Å². The highest BCUT2D eigenvalue weighted by atomic mass is 35.5. The maximum atomic E-state index is 13.1. The Morgan fingerprint density at radius 2 is 1.41 bits per heavy atom. The highest BCUT2D eigenvalue weighted by Crippen LogP contribution is 2.32. The van der Waals surface area contributed by atoms with Gasteiger partial charge in [-0.3, -0.25) is 14.4 Å². The van der Waals surface area contributed by atoms with Gasteiger partial charge >= 0.3 is 0 Å². The van der Waals surface area contributed by atoms with Crippen molar-refractivity contribution in [3.63, 3.8) is 0 Å². The van der Waals surface area contributed by atoms with Gasteiger partial charge in [0.05, 0.1) is 5.69 Å². The van der Waals surface area contributed by atoms with Gasteiger partial charge in [0.15, 0.2) is 0 Å². The molecule has 0 aliphatic carbocycles. The summed E-state index contributed by atoms with van der Waals surface area (Å²) < 4.78 is 5.77. The molecule has 4 aromatic carbocycles. The average molecular weight is 538 g/mol. The van der Waals surface area contributed by atoms with Crippen molar-refractivity contribution >= 4 is 46.4 Å². The Labute approximate surface area is 230 Å².